The van der Waals surface area contributed by atoms with E-state index in [2.05, 4.69) is 10.3 Å². The zero-order valence-electron chi connectivity index (χ0n) is 11.9. The molecule has 0 unspecified atom stereocenters. The summed E-state index contributed by atoms with van der Waals surface area (Å²) in [7, 11) is 0. The van der Waals surface area contributed by atoms with Gasteiger partial charge in [-0.15, -0.1) is 11.3 Å². The van der Waals surface area contributed by atoms with Gasteiger partial charge >= 0.3 is 0 Å². The molecule has 0 radical (unpaired) electrons. The number of carbonyl (C=O) groups excluding carboxylic acids is 1. The quantitative estimate of drug-likeness (QED) is 0.912. The second-order valence-electron chi connectivity index (χ2n) is 5.75. The number of rotatable bonds is 3. The molecule has 1 aromatic heterocycles. The van der Waals surface area contributed by atoms with Gasteiger partial charge in [-0.3, -0.25) is 4.79 Å². The maximum absolute atomic E-state index is 12.1. The third-order valence-corrected chi connectivity index (χ3v) is 3.85. The van der Waals surface area contributed by atoms with Crippen LogP contribution in [0, 0.1) is 5.41 Å². The lowest BCUT2D eigenvalue weighted by Gasteiger charge is -2.25. The number of aromatic nitrogens is 1. The lowest BCUT2D eigenvalue weighted by Crippen LogP contribution is -2.45. The highest BCUT2D eigenvalue weighted by Crippen LogP contribution is 2.25. The first-order valence-corrected chi connectivity index (χ1v) is 7.32. The van der Waals surface area contributed by atoms with E-state index in [0.29, 0.717) is 0 Å². The average Bonchev–Trinajstić information content (AvgIpc) is 2.91. The molecule has 1 amide bonds. The fraction of sp³-hybridized carbons (Fsp3) is 0.333. The average molecular weight is 289 g/mol. The Hall–Kier alpha value is -1.72. The smallest absolute Gasteiger partial charge is 0.241 e. The van der Waals surface area contributed by atoms with Gasteiger partial charge < -0.3 is 11.1 Å². The van der Waals surface area contributed by atoms with Gasteiger partial charge in [0.25, 0.3) is 0 Å². The fourth-order valence-electron chi connectivity index (χ4n) is 1.71. The molecule has 3 N–H and O–H groups in total. The van der Waals surface area contributed by atoms with Crippen molar-refractivity contribution < 1.29 is 4.79 Å². The van der Waals surface area contributed by atoms with Crippen molar-refractivity contribution in [3.63, 3.8) is 0 Å². The van der Waals surface area contributed by atoms with Gasteiger partial charge in [-0.05, 0) is 17.5 Å². The normalized spacial score (nSPS) is 13.0. The third kappa shape index (κ3) is 3.43. The van der Waals surface area contributed by atoms with Crippen LogP contribution in [0.5, 0.6) is 0 Å². The van der Waals surface area contributed by atoms with Crippen molar-refractivity contribution in [2.45, 2.75) is 26.8 Å². The van der Waals surface area contributed by atoms with Gasteiger partial charge in [-0.2, -0.15) is 0 Å². The lowest BCUT2D eigenvalue weighted by atomic mass is 9.87. The molecule has 0 aliphatic rings. The van der Waals surface area contributed by atoms with Crippen LogP contribution in [0.15, 0.2) is 35.8 Å². The molecule has 5 heteroatoms. The van der Waals surface area contributed by atoms with Crippen molar-refractivity contribution in [1.29, 1.82) is 0 Å². The van der Waals surface area contributed by atoms with E-state index in [0.717, 1.165) is 16.3 Å². The first-order chi connectivity index (χ1) is 9.38. The largest absolute Gasteiger partial charge is 0.325 e. The summed E-state index contributed by atoms with van der Waals surface area (Å²) in [5, 5.41) is 5.72. The zero-order chi connectivity index (χ0) is 14.8. The number of nitrogens with two attached hydrogens (primary N) is 1. The van der Waals surface area contributed by atoms with Crippen LogP contribution in [0.1, 0.15) is 20.8 Å². The molecule has 106 valence electrons. The molecular weight excluding hydrogens is 270 g/mol. The Morgan fingerprint density at radius 2 is 2.15 bits per heavy atom. The lowest BCUT2D eigenvalue weighted by molar-refractivity contribution is -0.119. The molecule has 0 aliphatic carbocycles. The van der Waals surface area contributed by atoms with Gasteiger partial charge in [0.1, 0.15) is 5.01 Å². The topological polar surface area (TPSA) is 68.0 Å². The summed E-state index contributed by atoms with van der Waals surface area (Å²) in [6.07, 6.45) is 1.76. The molecule has 1 heterocycles. The van der Waals surface area contributed by atoms with Gasteiger partial charge in [0.05, 0.1) is 6.04 Å². The van der Waals surface area contributed by atoms with Crippen LogP contribution < -0.4 is 11.1 Å². The maximum atomic E-state index is 12.1. The van der Waals surface area contributed by atoms with Gasteiger partial charge in [0.2, 0.25) is 5.91 Å². The van der Waals surface area contributed by atoms with E-state index in [4.69, 9.17) is 5.73 Å². The van der Waals surface area contributed by atoms with E-state index in [1.807, 2.05) is 50.4 Å². The predicted octanol–water partition coefficient (Wildman–Crippen LogP) is 3.12. The third-order valence-electron chi connectivity index (χ3n) is 3.02. The Kier molecular flexibility index (Phi) is 4.20. The van der Waals surface area contributed by atoms with Crippen molar-refractivity contribution in [3.8, 4) is 10.6 Å². The number of carbonyl (C=O) groups is 1. The van der Waals surface area contributed by atoms with Crippen LogP contribution in [0.2, 0.25) is 0 Å². The number of hydrogen-bond acceptors (Lipinski definition) is 4. The zero-order valence-corrected chi connectivity index (χ0v) is 12.7. The SMILES string of the molecule is CC(C)(C)[C@@H](N)C(=O)Nc1cccc(-c2nccs2)c1. The molecule has 0 aliphatic heterocycles. The van der Waals surface area contributed by atoms with Crippen LogP contribution in [0.25, 0.3) is 10.6 Å². The summed E-state index contributed by atoms with van der Waals surface area (Å²) < 4.78 is 0. The summed E-state index contributed by atoms with van der Waals surface area (Å²) in [6.45, 7) is 5.84. The number of benzene rings is 1. The van der Waals surface area contributed by atoms with E-state index in [1.165, 1.54) is 0 Å². The highest BCUT2D eigenvalue weighted by Gasteiger charge is 2.27. The minimum Gasteiger partial charge on any atom is -0.325 e. The molecule has 2 rings (SSSR count). The molecule has 0 fully saturated rings. The molecule has 1 aromatic carbocycles. The highest BCUT2D eigenvalue weighted by molar-refractivity contribution is 7.13. The van der Waals surface area contributed by atoms with Crippen molar-refractivity contribution >= 4 is 22.9 Å². The Morgan fingerprint density at radius 1 is 1.40 bits per heavy atom. The van der Waals surface area contributed by atoms with Crippen LogP contribution >= 0.6 is 11.3 Å². The van der Waals surface area contributed by atoms with E-state index in [1.54, 1.807) is 17.5 Å². The molecular formula is C15H19N3OS. The van der Waals surface area contributed by atoms with Crippen LogP contribution in [0.3, 0.4) is 0 Å². The van der Waals surface area contributed by atoms with Gasteiger partial charge in [0.15, 0.2) is 0 Å². The highest BCUT2D eigenvalue weighted by atomic mass is 32.1. The van der Waals surface area contributed by atoms with E-state index in [9.17, 15) is 4.79 Å². The molecule has 0 saturated carbocycles. The Labute approximate surface area is 123 Å². The van der Waals surface area contributed by atoms with Crippen molar-refractivity contribution in [1.82, 2.24) is 4.98 Å². The number of thiazole rings is 1. The number of amides is 1. The fourth-order valence-corrected chi connectivity index (χ4v) is 2.34. The second kappa shape index (κ2) is 5.73. The van der Waals surface area contributed by atoms with E-state index < -0.39 is 6.04 Å². The minimum atomic E-state index is -0.550. The van der Waals surface area contributed by atoms with Crippen LogP contribution in [0.4, 0.5) is 5.69 Å². The van der Waals surface area contributed by atoms with Gasteiger partial charge in [-0.25, -0.2) is 4.98 Å². The van der Waals surface area contributed by atoms with Gasteiger partial charge in [-0.1, -0.05) is 32.9 Å². The molecule has 0 saturated heterocycles. The molecule has 2 aromatic rings. The number of anilines is 1. The second-order valence-corrected chi connectivity index (χ2v) is 6.65. The summed E-state index contributed by atoms with van der Waals surface area (Å²) in [5.41, 5.74) is 7.41. The van der Waals surface area contributed by atoms with E-state index in [-0.39, 0.29) is 11.3 Å². The molecule has 20 heavy (non-hydrogen) atoms. The standard InChI is InChI=1S/C15H19N3OS/c1-15(2,3)12(16)13(19)18-11-6-4-5-10(9-11)14-17-7-8-20-14/h4-9,12H,16H2,1-3H3,(H,18,19)/t12-/m0/s1. The van der Waals surface area contributed by atoms with E-state index >= 15 is 0 Å². The first-order valence-electron chi connectivity index (χ1n) is 6.44. The van der Waals surface area contributed by atoms with Crippen molar-refractivity contribution in [3.05, 3.63) is 35.8 Å². The number of nitrogens with zero attached hydrogens (tertiary/aromatic N) is 1. The molecule has 1 atom stereocenters. The van der Waals surface area contributed by atoms with Crippen molar-refractivity contribution in [2.75, 3.05) is 5.32 Å². The Balaban J connectivity index is 2.15. The van der Waals surface area contributed by atoms with Crippen molar-refractivity contribution in [2.24, 2.45) is 11.1 Å². The predicted molar refractivity (Wildman–Crippen MR) is 83.6 cm³/mol. The number of nitrogens with one attached hydrogen (secondary N) is 1. The summed E-state index contributed by atoms with van der Waals surface area (Å²) in [6, 6.07) is 7.08. The minimum absolute atomic E-state index is 0.172. The molecule has 0 bridgehead atoms. The first kappa shape index (κ1) is 14.7. The molecule has 4 nitrogen and oxygen atoms in total. The Bertz CT molecular complexity index is 587. The van der Waals surface area contributed by atoms with Crippen LogP contribution in [-0.4, -0.2) is 16.9 Å². The summed E-state index contributed by atoms with van der Waals surface area (Å²) >= 11 is 1.57. The summed E-state index contributed by atoms with van der Waals surface area (Å²) in [4.78, 5) is 16.4. The molecule has 0 spiro atoms. The maximum Gasteiger partial charge on any atom is 0.241 e. The number of hydrogen-bond donors (Lipinski definition) is 2. The van der Waals surface area contributed by atoms with Crippen LogP contribution in [-0.2, 0) is 4.79 Å². The van der Waals surface area contributed by atoms with Gasteiger partial charge in [0, 0.05) is 22.8 Å². The monoisotopic (exact) mass is 289 g/mol. The summed E-state index contributed by atoms with van der Waals surface area (Å²) in [5.74, 6) is -0.172. The Morgan fingerprint density at radius 3 is 2.75 bits per heavy atom.